The lowest BCUT2D eigenvalue weighted by molar-refractivity contribution is 0.0774. The summed E-state index contributed by atoms with van der Waals surface area (Å²) >= 11 is 0. The van der Waals surface area contributed by atoms with Crippen molar-refractivity contribution in [3.8, 4) is 0 Å². The maximum Gasteiger partial charge on any atom is 0.314 e. The van der Waals surface area contributed by atoms with Gasteiger partial charge in [0, 0.05) is 19.7 Å². The van der Waals surface area contributed by atoms with E-state index in [2.05, 4.69) is 10.6 Å². The van der Waals surface area contributed by atoms with E-state index in [9.17, 15) is 4.79 Å². The zero-order valence-corrected chi connectivity index (χ0v) is 8.88. The summed E-state index contributed by atoms with van der Waals surface area (Å²) in [6.45, 7) is 5.43. The van der Waals surface area contributed by atoms with Gasteiger partial charge in [0.15, 0.2) is 0 Å². The summed E-state index contributed by atoms with van der Waals surface area (Å²) in [6.07, 6.45) is 1.03. The minimum absolute atomic E-state index is 0.0378. The molecule has 2 amide bonds. The van der Waals surface area contributed by atoms with Crippen molar-refractivity contribution < 1.29 is 14.6 Å². The Labute approximate surface area is 84.8 Å². The van der Waals surface area contributed by atoms with Crippen molar-refractivity contribution in [3.05, 3.63) is 0 Å². The number of carbonyl (C=O) groups is 1. The highest BCUT2D eigenvalue weighted by Gasteiger charge is 1.97. The molecule has 0 radical (unpaired) electrons. The minimum atomic E-state index is -0.247. The van der Waals surface area contributed by atoms with E-state index in [1.807, 2.05) is 13.8 Å². The first-order chi connectivity index (χ1) is 6.66. The van der Waals surface area contributed by atoms with Crippen LogP contribution in [0.25, 0.3) is 0 Å². The van der Waals surface area contributed by atoms with Crippen molar-refractivity contribution in [2.75, 3.05) is 26.3 Å². The summed E-state index contributed by atoms with van der Waals surface area (Å²) in [4.78, 5) is 10.9. The van der Waals surface area contributed by atoms with Crippen LogP contribution in [0, 0.1) is 0 Å². The first kappa shape index (κ1) is 13.2. The van der Waals surface area contributed by atoms with Gasteiger partial charge in [-0.25, -0.2) is 4.79 Å². The van der Waals surface area contributed by atoms with Crippen molar-refractivity contribution in [3.63, 3.8) is 0 Å². The number of amides is 2. The molecule has 0 aromatic rings. The quantitative estimate of drug-likeness (QED) is 0.515. The van der Waals surface area contributed by atoms with Crippen LogP contribution in [0.3, 0.4) is 0 Å². The zero-order chi connectivity index (χ0) is 10.8. The maximum atomic E-state index is 10.9. The number of hydrogen-bond acceptors (Lipinski definition) is 3. The van der Waals surface area contributed by atoms with E-state index in [0.717, 1.165) is 6.42 Å². The van der Waals surface area contributed by atoms with E-state index in [1.165, 1.54) is 0 Å². The Hall–Kier alpha value is -0.810. The molecule has 0 saturated heterocycles. The second-order valence-electron chi connectivity index (χ2n) is 3.18. The Bertz CT molecular complexity index is 151. The highest BCUT2D eigenvalue weighted by atomic mass is 16.5. The molecule has 3 N–H and O–H groups in total. The summed E-state index contributed by atoms with van der Waals surface area (Å²) in [5, 5.41) is 13.6. The third-order valence-corrected chi connectivity index (χ3v) is 1.46. The van der Waals surface area contributed by atoms with Gasteiger partial charge in [0.2, 0.25) is 0 Å². The van der Waals surface area contributed by atoms with E-state index in [-0.39, 0.29) is 25.3 Å². The third-order valence-electron chi connectivity index (χ3n) is 1.46. The fourth-order valence-corrected chi connectivity index (χ4v) is 0.825. The SMILES string of the molecule is CC(C)OCCCNC(=O)NCCO. The van der Waals surface area contributed by atoms with Crippen molar-refractivity contribution in [2.24, 2.45) is 0 Å². The molecule has 0 unspecified atom stereocenters. The molecular weight excluding hydrogens is 184 g/mol. The van der Waals surface area contributed by atoms with Crippen LogP contribution in [0.5, 0.6) is 0 Å². The predicted molar refractivity (Wildman–Crippen MR) is 54.2 cm³/mol. The average molecular weight is 204 g/mol. The first-order valence-electron chi connectivity index (χ1n) is 4.91. The van der Waals surface area contributed by atoms with Crippen molar-refractivity contribution in [2.45, 2.75) is 26.4 Å². The molecule has 0 bridgehead atoms. The lowest BCUT2D eigenvalue weighted by Gasteiger charge is -2.08. The molecule has 0 rings (SSSR count). The van der Waals surface area contributed by atoms with Gasteiger partial charge in [0.25, 0.3) is 0 Å². The van der Waals surface area contributed by atoms with Gasteiger partial charge < -0.3 is 20.5 Å². The van der Waals surface area contributed by atoms with Gasteiger partial charge in [-0.1, -0.05) is 0 Å². The molecule has 0 aliphatic rings. The van der Waals surface area contributed by atoms with Gasteiger partial charge in [-0.3, -0.25) is 0 Å². The van der Waals surface area contributed by atoms with Crippen LogP contribution in [0.1, 0.15) is 20.3 Å². The fourth-order valence-electron chi connectivity index (χ4n) is 0.825. The van der Waals surface area contributed by atoms with Gasteiger partial charge in [0.05, 0.1) is 12.7 Å². The highest BCUT2D eigenvalue weighted by Crippen LogP contribution is 1.88. The second-order valence-corrected chi connectivity index (χ2v) is 3.18. The third kappa shape index (κ3) is 9.28. The van der Waals surface area contributed by atoms with E-state index in [1.54, 1.807) is 0 Å². The van der Waals surface area contributed by atoms with Gasteiger partial charge in [0.1, 0.15) is 0 Å². The summed E-state index contributed by atoms with van der Waals surface area (Å²) in [5.74, 6) is 0. The monoisotopic (exact) mass is 204 g/mol. The number of urea groups is 1. The first-order valence-corrected chi connectivity index (χ1v) is 4.91. The number of rotatable bonds is 7. The number of ether oxygens (including phenoxy) is 1. The van der Waals surface area contributed by atoms with Crippen LogP contribution in [0.2, 0.25) is 0 Å². The van der Waals surface area contributed by atoms with Crippen LogP contribution in [0.15, 0.2) is 0 Å². The summed E-state index contributed by atoms with van der Waals surface area (Å²) in [5.41, 5.74) is 0. The number of nitrogens with one attached hydrogen (secondary N) is 2. The Morgan fingerprint density at radius 1 is 1.36 bits per heavy atom. The normalized spacial score (nSPS) is 10.3. The molecular formula is C9H20N2O3. The number of aliphatic hydroxyl groups is 1. The van der Waals surface area contributed by atoms with Gasteiger partial charge in [-0.15, -0.1) is 0 Å². The molecule has 5 heteroatoms. The van der Waals surface area contributed by atoms with Crippen LogP contribution in [-0.2, 0) is 4.74 Å². The standard InChI is InChI=1S/C9H20N2O3/c1-8(2)14-7-3-4-10-9(13)11-5-6-12/h8,12H,3-7H2,1-2H3,(H2,10,11,13). The van der Waals surface area contributed by atoms with Crippen LogP contribution in [-0.4, -0.2) is 43.5 Å². The van der Waals surface area contributed by atoms with Gasteiger partial charge in [-0.05, 0) is 20.3 Å². The number of aliphatic hydroxyl groups excluding tert-OH is 1. The maximum absolute atomic E-state index is 10.9. The van der Waals surface area contributed by atoms with E-state index in [4.69, 9.17) is 9.84 Å². The largest absolute Gasteiger partial charge is 0.395 e. The molecule has 0 heterocycles. The topological polar surface area (TPSA) is 70.6 Å². The number of hydrogen-bond donors (Lipinski definition) is 3. The predicted octanol–water partition coefficient (Wildman–Crippen LogP) is 0.0930. The molecule has 0 aromatic heterocycles. The molecule has 5 nitrogen and oxygen atoms in total. The molecule has 0 spiro atoms. The Kier molecular flexibility index (Phi) is 8.27. The zero-order valence-electron chi connectivity index (χ0n) is 8.88. The molecule has 0 atom stereocenters. The molecule has 0 aromatic carbocycles. The minimum Gasteiger partial charge on any atom is -0.395 e. The van der Waals surface area contributed by atoms with Crippen LogP contribution < -0.4 is 10.6 Å². The molecule has 84 valence electrons. The van der Waals surface area contributed by atoms with Gasteiger partial charge in [-0.2, -0.15) is 0 Å². The van der Waals surface area contributed by atoms with E-state index in [0.29, 0.717) is 13.2 Å². The van der Waals surface area contributed by atoms with Crippen molar-refractivity contribution in [1.29, 1.82) is 0 Å². The lowest BCUT2D eigenvalue weighted by Crippen LogP contribution is -2.37. The lowest BCUT2D eigenvalue weighted by atomic mass is 10.4. The van der Waals surface area contributed by atoms with Crippen molar-refractivity contribution in [1.82, 2.24) is 10.6 Å². The summed E-state index contributed by atoms with van der Waals surface area (Å²) in [7, 11) is 0. The summed E-state index contributed by atoms with van der Waals surface area (Å²) in [6, 6.07) is -0.247. The Balaban J connectivity index is 3.15. The van der Waals surface area contributed by atoms with Crippen LogP contribution in [0.4, 0.5) is 4.79 Å². The van der Waals surface area contributed by atoms with E-state index >= 15 is 0 Å². The molecule has 14 heavy (non-hydrogen) atoms. The van der Waals surface area contributed by atoms with Crippen molar-refractivity contribution >= 4 is 6.03 Å². The number of carbonyl (C=O) groups excluding carboxylic acids is 1. The van der Waals surface area contributed by atoms with Crippen LogP contribution >= 0.6 is 0 Å². The molecule has 0 saturated carbocycles. The highest BCUT2D eigenvalue weighted by molar-refractivity contribution is 5.73. The Morgan fingerprint density at radius 3 is 2.57 bits per heavy atom. The average Bonchev–Trinajstić information content (AvgIpc) is 2.13. The van der Waals surface area contributed by atoms with Gasteiger partial charge >= 0.3 is 6.03 Å². The second kappa shape index (κ2) is 8.77. The summed E-state index contributed by atoms with van der Waals surface area (Å²) < 4.78 is 5.29. The molecule has 0 fully saturated rings. The Morgan fingerprint density at radius 2 is 2.00 bits per heavy atom. The molecule has 0 aliphatic carbocycles. The smallest absolute Gasteiger partial charge is 0.314 e. The molecule has 0 aliphatic heterocycles. The van der Waals surface area contributed by atoms with E-state index < -0.39 is 0 Å². The fraction of sp³-hybridized carbons (Fsp3) is 0.889.